The Morgan fingerprint density at radius 3 is 2.67 bits per heavy atom. The van der Waals surface area contributed by atoms with Gasteiger partial charge in [0.15, 0.2) is 0 Å². The van der Waals surface area contributed by atoms with Crippen molar-refractivity contribution in [2.24, 2.45) is 11.7 Å². The molecule has 7 nitrogen and oxygen atoms in total. The number of nitrogens with one attached hydrogen (secondary N) is 1. The van der Waals surface area contributed by atoms with Gasteiger partial charge in [-0.1, -0.05) is 13.8 Å². The Labute approximate surface area is 160 Å². The molecule has 3 N–H and O–H groups in total. The van der Waals surface area contributed by atoms with Gasteiger partial charge in [0.05, 0.1) is 12.8 Å². The quantitative estimate of drug-likeness (QED) is 0.767. The number of nitrogens with zero attached hydrogens (tertiary/aromatic N) is 2. The highest BCUT2D eigenvalue weighted by molar-refractivity contribution is 5.83. The van der Waals surface area contributed by atoms with Crippen LogP contribution >= 0.6 is 0 Å². The van der Waals surface area contributed by atoms with Crippen molar-refractivity contribution in [3.8, 4) is 17.0 Å². The van der Waals surface area contributed by atoms with Crippen LogP contribution in [0.2, 0.25) is 0 Å². The van der Waals surface area contributed by atoms with E-state index >= 15 is 0 Å². The lowest BCUT2D eigenvalue weighted by Crippen LogP contribution is -2.43. The predicted molar refractivity (Wildman–Crippen MR) is 106 cm³/mol. The molecular formula is C20H28N4O3. The number of ether oxygens (including phenoxy) is 2. The van der Waals surface area contributed by atoms with Crippen LogP contribution in [0.4, 0.5) is 10.6 Å². The van der Waals surface area contributed by atoms with E-state index in [0.29, 0.717) is 24.0 Å². The lowest BCUT2D eigenvalue weighted by molar-refractivity contribution is 0.187. The fraction of sp³-hybridized carbons (Fsp3) is 0.450. The molecule has 0 fully saturated rings. The SMILES string of the molecule is COC(=O)Nc1cc(-c2ccc(OC[C@@](C)(N)CC(C)C)c(C)c2)ncn1. The third-order valence-corrected chi connectivity index (χ3v) is 3.99. The normalized spacial score (nSPS) is 13.1. The average molecular weight is 372 g/mol. The Morgan fingerprint density at radius 2 is 2.04 bits per heavy atom. The van der Waals surface area contributed by atoms with Crippen molar-refractivity contribution < 1.29 is 14.3 Å². The van der Waals surface area contributed by atoms with Crippen molar-refractivity contribution in [3.05, 3.63) is 36.2 Å². The summed E-state index contributed by atoms with van der Waals surface area (Å²) in [6.07, 6.45) is 1.71. The standard InChI is InChI=1S/C20H28N4O3/c1-13(2)10-20(4,21)11-27-17-7-6-15(8-14(17)3)16-9-18(23-12-22-16)24-19(25)26-5/h6-9,12-13H,10-11,21H2,1-5H3,(H,22,23,24,25)/t20-/m0/s1. The Balaban J connectivity index is 2.12. The number of rotatable bonds is 7. The first-order chi connectivity index (χ1) is 12.7. The van der Waals surface area contributed by atoms with Gasteiger partial charge in [-0.25, -0.2) is 14.8 Å². The second-order valence-corrected chi connectivity index (χ2v) is 7.43. The van der Waals surface area contributed by atoms with Crippen molar-refractivity contribution in [3.63, 3.8) is 0 Å². The van der Waals surface area contributed by atoms with Crippen LogP contribution in [0.3, 0.4) is 0 Å². The van der Waals surface area contributed by atoms with Gasteiger partial charge in [-0.2, -0.15) is 0 Å². The molecule has 0 aliphatic rings. The molecule has 2 aromatic rings. The van der Waals surface area contributed by atoms with Crippen LogP contribution in [0.25, 0.3) is 11.3 Å². The smallest absolute Gasteiger partial charge is 0.412 e. The first-order valence-corrected chi connectivity index (χ1v) is 8.90. The number of hydrogen-bond donors (Lipinski definition) is 2. The molecule has 1 aromatic heterocycles. The van der Waals surface area contributed by atoms with Gasteiger partial charge in [-0.3, -0.25) is 5.32 Å². The number of carbonyl (C=O) groups is 1. The van der Waals surface area contributed by atoms with E-state index in [-0.39, 0.29) is 5.54 Å². The van der Waals surface area contributed by atoms with Gasteiger partial charge in [0, 0.05) is 17.2 Å². The highest BCUT2D eigenvalue weighted by Crippen LogP contribution is 2.27. The summed E-state index contributed by atoms with van der Waals surface area (Å²) in [5, 5.41) is 2.53. The van der Waals surface area contributed by atoms with Gasteiger partial charge < -0.3 is 15.2 Å². The van der Waals surface area contributed by atoms with Crippen LogP contribution in [0, 0.1) is 12.8 Å². The fourth-order valence-electron chi connectivity index (χ4n) is 2.94. The second-order valence-electron chi connectivity index (χ2n) is 7.43. The van der Waals surface area contributed by atoms with Crippen molar-refractivity contribution in [1.82, 2.24) is 9.97 Å². The van der Waals surface area contributed by atoms with Gasteiger partial charge >= 0.3 is 6.09 Å². The molecule has 0 saturated heterocycles. The molecule has 1 aromatic carbocycles. The molecule has 0 spiro atoms. The van der Waals surface area contributed by atoms with Crippen LogP contribution in [0.5, 0.6) is 5.75 Å². The lowest BCUT2D eigenvalue weighted by Gasteiger charge is -2.27. The molecule has 0 saturated carbocycles. The molecule has 1 amide bonds. The zero-order valence-corrected chi connectivity index (χ0v) is 16.6. The zero-order valence-electron chi connectivity index (χ0n) is 16.6. The van der Waals surface area contributed by atoms with E-state index in [4.69, 9.17) is 10.5 Å². The van der Waals surface area contributed by atoms with Gasteiger partial charge in [0.1, 0.15) is 24.5 Å². The topological polar surface area (TPSA) is 99.4 Å². The van der Waals surface area contributed by atoms with Crippen LogP contribution in [0.1, 0.15) is 32.8 Å². The summed E-state index contributed by atoms with van der Waals surface area (Å²) in [5.74, 6) is 1.68. The number of nitrogens with two attached hydrogens (primary N) is 1. The summed E-state index contributed by atoms with van der Waals surface area (Å²) in [6.45, 7) is 8.73. The summed E-state index contributed by atoms with van der Waals surface area (Å²) in [5.41, 5.74) is 8.51. The van der Waals surface area contributed by atoms with E-state index in [1.165, 1.54) is 13.4 Å². The van der Waals surface area contributed by atoms with E-state index < -0.39 is 6.09 Å². The molecule has 1 heterocycles. The Bertz CT molecular complexity index is 791. The number of aryl methyl sites for hydroxylation is 1. The summed E-state index contributed by atoms with van der Waals surface area (Å²) >= 11 is 0. The molecule has 0 aliphatic carbocycles. The minimum absolute atomic E-state index is 0.373. The van der Waals surface area contributed by atoms with E-state index in [0.717, 1.165) is 23.3 Å². The minimum atomic E-state index is -0.578. The van der Waals surface area contributed by atoms with E-state index in [2.05, 4.69) is 33.9 Å². The number of carbonyl (C=O) groups excluding carboxylic acids is 1. The van der Waals surface area contributed by atoms with E-state index in [1.54, 1.807) is 6.07 Å². The number of amides is 1. The van der Waals surface area contributed by atoms with E-state index in [1.807, 2.05) is 32.0 Å². The molecule has 0 aliphatic heterocycles. The maximum atomic E-state index is 11.3. The molecule has 1 atom stereocenters. The number of methoxy groups -OCH3 is 1. The number of aromatic nitrogens is 2. The second kappa shape index (κ2) is 8.81. The molecule has 2 rings (SSSR count). The van der Waals surface area contributed by atoms with Crippen LogP contribution in [0.15, 0.2) is 30.6 Å². The third kappa shape index (κ3) is 6.21. The molecule has 0 unspecified atom stereocenters. The van der Waals surface area contributed by atoms with Gasteiger partial charge in [0.2, 0.25) is 0 Å². The highest BCUT2D eigenvalue weighted by atomic mass is 16.5. The molecule has 27 heavy (non-hydrogen) atoms. The molecule has 7 heteroatoms. The maximum Gasteiger partial charge on any atom is 0.412 e. The highest BCUT2D eigenvalue weighted by Gasteiger charge is 2.21. The monoisotopic (exact) mass is 372 g/mol. The Kier molecular flexibility index (Phi) is 6.74. The largest absolute Gasteiger partial charge is 0.491 e. The molecule has 0 bridgehead atoms. The molecular weight excluding hydrogens is 344 g/mol. The number of hydrogen-bond acceptors (Lipinski definition) is 6. The summed E-state index contributed by atoms with van der Waals surface area (Å²) in [6, 6.07) is 7.50. The minimum Gasteiger partial charge on any atom is -0.491 e. The van der Waals surface area contributed by atoms with Gasteiger partial charge in [-0.15, -0.1) is 0 Å². The van der Waals surface area contributed by atoms with Crippen molar-refractivity contribution >= 4 is 11.9 Å². The summed E-state index contributed by atoms with van der Waals surface area (Å²) in [4.78, 5) is 19.6. The number of anilines is 1. The first kappa shape index (κ1) is 20.6. The zero-order chi connectivity index (χ0) is 20.0. The van der Waals surface area contributed by atoms with Crippen LogP contribution in [-0.4, -0.2) is 35.3 Å². The third-order valence-electron chi connectivity index (χ3n) is 3.99. The lowest BCUT2D eigenvalue weighted by atomic mass is 9.93. The first-order valence-electron chi connectivity index (χ1n) is 8.90. The van der Waals surface area contributed by atoms with Crippen molar-refractivity contribution in [2.45, 2.75) is 39.7 Å². The van der Waals surface area contributed by atoms with Gasteiger partial charge in [0.25, 0.3) is 0 Å². The summed E-state index contributed by atoms with van der Waals surface area (Å²) in [7, 11) is 1.30. The van der Waals surface area contributed by atoms with Crippen molar-refractivity contribution in [1.29, 1.82) is 0 Å². The Morgan fingerprint density at radius 1 is 1.30 bits per heavy atom. The van der Waals surface area contributed by atoms with Crippen LogP contribution in [-0.2, 0) is 4.74 Å². The summed E-state index contributed by atoms with van der Waals surface area (Å²) < 4.78 is 10.5. The predicted octanol–water partition coefficient (Wildman–Crippen LogP) is 3.77. The molecule has 0 radical (unpaired) electrons. The molecule has 146 valence electrons. The van der Waals surface area contributed by atoms with E-state index in [9.17, 15) is 4.79 Å². The fourth-order valence-corrected chi connectivity index (χ4v) is 2.94. The van der Waals surface area contributed by atoms with Crippen molar-refractivity contribution in [2.75, 3.05) is 19.0 Å². The number of benzene rings is 1. The van der Waals surface area contributed by atoms with Gasteiger partial charge in [-0.05, 0) is 49.9 Å². The Hall–Kier alpha value is -2.67. The maximum absolute atomic E-state index is 11.3. The van der Waals surface area contributed by atoms with Crippen LogP contribution < -0.4 is 15.8 Å². The average Bonchev–Trinajstić information content (AvgIpc) is 2.59.